The Balaban J connectivity index is 2.02. The number of nitriles is 1. The van der Waals surface area contributed by atoms with E-state index in [9.17, 15) is 9.65 Å². The van der Waals surface area contributed by atoms with Gasteiger partial charge in [0.15, 0.2) is 0 Å². The lowest BCUT2D eigenvalue weighted by molar-refractivity contribution is 0.398. The minimum absolute atomic E-state index is 0.0654. The first-order chi connectivity index (χ1) is 11.6. The van der Waals surface area contributed by atoms with E-state index in [0.29, 0.717) is 16.9 Å². The van der Waals surface area contributed by atoms with E-state index in [-0.39, 0.29) is 11.7 Å². The fourth-order valence-corrected chi connectivity index (χ4v) is 3.30. The fourth-order valence-electron chi connectivity index (χ4n) is 3.30. The molecule has 1 aliphatic rings. The van der Waals surface area contributed by atoms with Crippen molar-refractivity contribution in [3.05, 3.63) is 77.1 Å². The Hall–Kier alpha value is -3.26. The van der Waals surface area contributed by atoms with Crippen LogP contribution >= 0.6 is 0 Å². The Bertz CT molecular complexity index is 1040. The molecule has 2 heterocycles. The van der Waals surface area contributed by atoms with Gasteiger partial charge in [0.2, 0.25) is 5.88 Å². The fraction of sp³-hybridized carbons (Fsp3) is 0.105. The maximum Gasteiger partial charge on any atom is 0.205 e. The number of nitrogens with zero attached hydrogens (tertiary/aromatic N) is 2. The van der Waals surface area contributed by atoms with E-state index in [4.69, 9.17) is 10.5 Å². The number of aromatic nitrogens is 1. The number of allylic oxidation sites excluding steroid dienone is 1. The van der Waals surface area contributed by atoms with Crippen LogP contribution in [0.1, 0.15) is 17.0 Å². The van der Waals surface area contributed by atoms with Gasteiger partial charge in [0.05, 0.1) is 11.4 Å². The first-order valence-electron chi connectivity index (χ1n) is 7.51. The van der Waals surface area contributed by atoms with E-state index in [0.717, 1.165) is 16.5 Å². The van der Waals surface area contributed by atoms with Crippen LogP contribution in [0.25, 0.3) is 10.9 Å². The predicted octanol–water partition coefficient (Wildman–Crippen LogP) is 3.54. The lowest BCUT2D eigenvalue weighted by Gasteiger charge is -2.27. The first kappa shape index (κ1) is 14.3. The van der Waals surface area contributed by atoms with E-state index in [1.54, 1.807) is 12.1 Å². The van der Waals surface area contributed by atoms with Gasteiger partial charge in [-0.15, -0.1) is 0 Å². The Kier molecular flexibility index (Phi) is 3.07. The summed E-state index contributed by atoms with van der Waals surface area (Å²) in [5.74, 6) is -0.106. The summed E-state index contributed by atoms with van der Waals surface area (Å²) in [7, 11) is 1.95. The zero-order valence-corrected chi connectivity index (χ0v) is 13.0. The molecule has 1 unspecified atom stereocenters. The number of fused-ring (bicyclic) bond motifs is 3. The normalized spacial score (nSPS) is 16.6. The van der Waals surface area contributed by atoms with Gasteiger partial charge < -0.3 is 15.0 Å². The summed E-state index contributed by atoms with van der Waals surface area (Å²) < 4.78 is 21.5. The van der Waals surface area contributed by atoms with Gasteiger partial charge in [-0.2, -0.15) is 5.26 Å². The van der Waals surface area contributed by atoms with Crippen LogP contribution in [0.3, 0.4) is 0 Å². The minimum Gasteiger partial charge on any atom is -0.439 e. The first-order valence-corrected chi connectivity index (χ1v) is 7.51. The zero-order valence-electron chi connectivity index (χ0n) is 13.0. The van der Waals surface area contributed by atoms with Crippen LogP contribution in [-0.2, 0) is 7.05 Å². The molecule has 2 aromatic carbocycles. The molecule has 0 spiro atoms. The van der Waals surface area contributed by atoms with Crippen molar-refractivity contribution in [3.8, 4) is 11.8 Å². The molecule has 24 heavy (non-hydrogen) atoms. The molecule has 0 radical (unpaired) electrons. The average Bonchev–Trinajstić information content (AvgIpc) is 2.95. The number of hydrogen-bond donors (Lipinski definition) is 1. The lowest BCUT2D eigenvalue weighted by Crippen LogP contribution is -2.21. The van der Waals surface area contributed by atoms with Crippen LogP contribution in [0.2, 0.25) is 0 Å². The molecule has 1 aliphatic heterocycles. The van der Waals surface area contributed by atoms with Crippen LogP contribution in [0, 0.1) is 17.1 Å². The number of rotatable bonds is 1. The molecule has 4 rings (SSSR count). The molecular formula is C19H14FN3O. The molecule has 0 amide bonds. The molecule has 4 nitrogen and oxygen atoms in total. The molecule has 0 fully saturated rings. The van der Waals surface area contributed by atoms with Crippen molar-refractivity contribution in [3.63, 3.8) is 0 Å². The Labute approximate surface area is 138 Å². The van der Waals surface area contributed by atoms with E-state index in [2.05, 4.69) is 6.07 Å². The van der Waals surface area contributed by atoms with Gasteiger partial charge in [0, 0.05) is 24.2 Å². The highest BCUT2D eigenvalue weighted by Gasteiger charge is 2.32. The summed E-state index contributed by atoms with van der Waals surface area (Å²) >= 11 is 0. The van der Waals surface area contributed by atoms with Crippen LogP contribution < -0.4 is 10.5 Å². The van der Waals surface area contributed by atoms with E-state index in [1.807, 2.05) is 36.0 Å². The number of ether oxygens (including phenoxy) is 1. The topological polar surface area (TPSA) is 64.0 Å². The number of nitrogens with two attached hydrogens (primary N) is 1. The van der Waals surface area contributed by atoms with Crippen molar-refractivity contribution in [2.24, 2.45) is 12.8 Å². The molecule has 1 atom stereocenters. The molecule has 1 aromatic heterocycles. The van der Waals surface area contributed by atoms with Gasteiger partial charge in [-0.05, 0) is 29.8 Å². The molecule has 118 valence electrons. The molecule has 0 saturated heterocycles. The lowest BCUT2D eigenvalue weighted by atomic mass is 9.83. The maximum absolute atomic E-state index is 13.7. The quantitative estimate of drug-likeness (QED) is 0.746. The van der Waals surface area contributed by atoms with E-state index in [1.165, 1.54) is 12.1 Å². The van der Waals surface area contributed by atoms with Crippen molar-refractivity contribution >= 4 is 10.9 Å². The average molecular weight is 319 g/mol. The summed E-state index contributed by atoms with van der Waals surface area (Å²) in [4.78, 5) is 0. The number of halogens is 1. The van der Waals surface area contributed by atoms with Crippen LogP contribution in [0.5, 0.6) is 5.75 Å². The largest absolute Gasteiger partial charge is 0.439 e. The Morgan fingerprint density at radius 1 is 1.25 bits per heavy atom. The van der Waals surface area contributed by atoms with Crippen LogP contribution in [0.15, 0.2) is 60.1 Å². The smallest absolute Gasteiger partial charge is 0.205 e. The molecular weight excluding hydrogens is 305 g/mol. The monoisotopic (exact) mass is 319 g/mol. The molecule has 0 saturated carbocycles. The van der Waals surface area contributed by atoms with Crippen LogP contribution in [-0.4, -0.2) is 4.57 Å². The summed E-state index contributed by atoms with van der Waals surface area (Å²) in [6.45, 7) is 0. The SMILES string of the molecule is Cn1ccc2c3c(ccc21)C(c1cccc(F)c1)C(C#N)=C(N)O3. The van der Waals surface area contributed by atoms with Gasteiger partial charge >= 0.3 is 0 Å². The molecule has 3 aromatic rings. The second-order valence-corrected chi connectivity index (χ2v) is 5.82. The zero-order chi connectivity index (χ0) is 16.8. The summed E-state index contributed by atoms with van der Waals surface area (Å²) in [5, 5.41) is 10.5. The molecule has 0 aliphatic carbocycles. The maximum atomic E-state index is 13.7. The summed E-state index contributed by atoms with van der Waals surface area (Å²) in [6, 6.07) is 14.2. The molecule has 0 bridgehead atoms. The van der Waals surface area contributed by atoms with Crippen LogP contribution in [0.4, 0.5) is 4.39 Å². The van der Waals surface area contributed by atoms with Gasteiger partial charge in [0.25, 0.3) is 0 Å². The third-order valence-electron chi connectivity index (χ3n) is 4.43. The van der Waals surface area contributed by atoms with Crippen molar-refractivity contribution < 1.29 is 9.13 Å². The number of aryl methyl sites for hydroxylation is 1. The predicted molar refractivity (Wildman–Crippen MR) is 88.6 cm³/mol. The van der Waals surface area contributed by atoms with Gasteiger partial charge in [0.1, 0.15) is 23.2 Å². The Morgan fingerprint density at radius 2 is 2.08 bits per heavy atom. The van der Waals surface area contributed by atoms with Crippen molar-refractivity contribution in [2.75, 3.05) is 0 Å². The third-order valence-corrected chi connectivity index (χ3v) is 4.43. The van der Waals surface area contributed by atoms with Crippen molar-refractivity contribution in [1.82, 2.24) is 4.57 Å². The van der Waals surface area contributed by atoms with Crippen molar-refractivity contribution in [1.29, 1.82) is 5.26 Å². The summed E-state index contributed by atoms with van der Waals surface area (Å²) in [6.07, 6.45) is 1.94. The standard InChI is InChI=1S/C19H14FN3O/c1-23-8-7-13-16(23)6-5-14-17(11-3-2-4-12(20)9-11)15(10-21)19(22)24-18(13)14/h2-9,17H,22H2,1H3. The minimum atomic E-state index is -0.445. The van der Waals surface area contributed by atoms with Gasteiger partial charge in [-0.1, -0.05) is 18.2 Å². The summed E-state index contributed by atoms with van der Waals surface area (Å²) in [5.41, 5.74) is 8.78. The van der Waals surface area contributed by atoms with E-state index < -0.39 is 5.92 Å². The van der Waals surface area contributed by atoms with Gasteiger partial charge in [-0.3, -0.25) is 0 Å². The Morgan fingerprint density at radius 3 is 2.83 bits per heavy atom. The highest BCUT2D eigenvalue weighted by Crippen LogP contribution is 2.45. The van der Waals surface area contributed by atoms with Gasteiger partial charge in [-0.25, -0.2) is 4.39 Å². The second kappa shape index (κ2) is 5.14. The number of hydrogen-bond acceptors (Lipinski definition) is 3. The number of benzene rings is 2. The second-order valence-electron chi connectivity index (χ2n) is 5.82. The molecule has 2 N–H and O–H groups in total. The van der Waals surface area contributed by atoms with Crippen molar-refractivity contribution in [2.45, 2.75) is 5.92 Å². The third kappa shape index (κ3) is 1.97. The highest BCUT2D eigenvalue weighted by atomic mass is 19.1. The highest BCUT2D eigenvalue weighted by molar-refractivity contribution is 5.89. The van der Waals surface area contributed by atoms with E-state index >= 15 is 0 Å². The molecule has 5 heteroatoms.